The van der Waals surface area contributed by atoms with Crippen LogP contribution < -0.4 is 10.9 Å². The van der Waals surface area contributed by atoms with Gasteiger partial charge < -0.3 is 5.32 Å². The Labute approximate surface area is 137 Å². The number of aromatic nitrogens is 2. The molecule has 2 heterocycles. The summed E-state index contributed by atoms with van der Waals surface area (Å²) < 4.78 is 2.00. The van der Waals surface area contributed by atoms with Crippen LogP contribution in [-0.2, 0) is 0 Å². The number of anilines is 1. The zero-order chi connectivity index (χ0) is 15.7. The van der Waals surface area contributed by atoms with E-state index < -0.39 is 0 Å². The lowest BCUT2D eigenvalue weighted by molar-refractivity contribution is 0.501. The molecule has 114 valence electrons. The van der Waals surface area contributed by atoms with Crippen LogP contribution >= 0.6 is 27.3 Å². The van der Waals surface area contributed by atoms with Crippen LogP contribution in [0.1, 0.15) is 48.2 Å². The standard InChI is InChI=1S/C15H20BrN3OS/c1-8(2)19-15(20)14(16)13(7-17-19)18-10(4)12-6-9(3)21-11(12)5/h6-8,10,18H,1-5H3. The third-order valence-electron chi connectivity index (χ3n) is 3.35. The largest absolute Gasteiger partial charge is 0.376 e. The van der Waals surface area contributed by atoms with Crippen molar-refractivity contribution < 1.29 is 0 Å². The van der Waals surface area contributed by atoms with Crippen molar-refractivity contribution in [1.29, 1.82) is 0 Å². The molecule has 0 amide bonds. The van der Waals surface area contributed by atoms with Gasteiger partial charge in [0.15, 0.2) is 0 Å². The lowest BCUT2D eigenvalue weighted by Gasteiger charge is -2.17. The summed E-state index contributed by atoms with van der Waals surface area (Å²) in [5, 5.41) is 7.60. The van der Waals surface area contributed by atoms with E-state index in [1.165, 1.54) is 20.0 Å². The predicted molar refractivity (Wildman–Crippen MR) is 92.4 cm³/mol. The van der Waals surface area contributed by atoms with Crippen molar-refractivity contribution in [2.24, 2.45) is 0 Å². The predicted octanol–water partition coefficient (Wildman–Crippen LogP) is 4.44. The monoisotopic (exact) mass is 369 g/mol. The summed E-state index contributed by atoms with van der Waals surface area (Å²) >= 11 is 5.18. The number of aryl methyl sites for hydroxylation is 2. The SMILES string of the molecule is Cc1cc(C(C)Nc2cnn(C(C)C)c(=O)c2Br)c(C)s1. The number of halogens is 1. The molecule has 6 heteroatoms. The second-order valence-electron chi connectivity index (χ2n) is 5.45. The van der Waals surface area contributed by atoms with E-state index >= 15 is 0 Å². The third-order valence-corrected chi connectivity index (χ3v) is 5.10. The molecule has 0 spiro atoms. The van der Waals surface area contributed by atoms with Crippen molar-refractivity contribution in [3.8, 4) is 0 Å². The van der Waals surface area contributed by atoms with E-state index in [1.807, 2.05) is 13.8 Å². The summed E-state index contributed by atoms with van der Waals surface area (Å²) in [5.74, 6) is 0. The van der Waals surface area contributed by atoms with Gasteiger partial charge in [-0.1, -0.05) is 0 Å². The molecule has 2 aromatic heterocycles. The van der Waals surface area contributed by atoms with Crippen molar-refractivity contribution in [1.82, 2.24) is 9.78 Å². The summed E-state index contributed by atoms with van der Waals surface area (Å²) in [4.78, 5) is 14.8. The summed E-state index contributed by atoms with van der Waals surface area (Å²) in [7, 11) is 0. The molecular weight excluding hydrogens is 350 g/mol. The zero-order valence-corrected chi connectivity index (χ0v) is 15.3. The average molecular weight is 370 g/mol. The minimum atomic E-state index is -0.111. The molecule has 4 nitrogen and oxygen atoms in total. The second-order valence-corrected chi connectivity index (χ2v) is 7.70. The highest BCUT2D eigenvalue weighted by Gasteiger charge is 2.15. The average Bonchev–Trinajstić information content (AvgIpc) is 2.74. The van der Waals surface area contributed by atoms with Gasteiger partial charge in [-0.3, -0.25) is 4.79 Å². The molecule has 0 fully saturated rings. The fourth-order valence-electron chi connectivity index (χ4n) is 2.30. The van der Waals surface area contributed by atoms with E-state index in [-0.39, 0.29) is 17.6 Å². The van der Waals surface area contributed by atoms with Crippen LogP contribution in [0.4, 0.5) is 5.69 Å². The normalized spacial score (nSPS) is 12.7. The van der Waals surface area contributed by atoms with Crippen LogP contribution in [0.2, 0.25) is 0 Å². The fourth-order valence-corrected chi connectivity index (χ4v) is 3.73. The lowest BCUT2D eigenvalue weighted by atomic mass is 10.1. The van der Waals surface area contributed by atoms with E-state index in [9.17, 15) is 4.79 Å². The molecule has 0 saturated carbocycles. The third kappa shape index (κ3) is 3.37. The first-order chi connectivity index (χ1) is 9.81. The highest BCUT2D eigenvalue weighted by atomic mass is 79.9. The minimum Gasteiger partial charge on any atom is -0.376 e. The number of nitrogens with zero attached hydrogens (tertiary/aromatic N) is 2. The maximum absolute atomic E-state index is 12.2. The minimum absolute atomic E-state index is 0.0436. The van der Waals surface area contributed by atoms with Gasteiger partial charge in [0.05, 0.1) is 17.9 Å². The summed E-state index contributed by atoms with van der Waals surface area (Å²) in [6.45, 7) is 10.2. The molecule has 1 atom stereocenters. The van der Waals surface area contributed by atoms with E-state index in [0.29, 0.717) is 4.47 Å². The Hall–Kier alpha value is -1.14. The van der Waals surface area contributed by atoms with Gasteiger partial charge in [0, 0.05) is 15.8 Å². The number of thiophene rings is 1. The van der Waals surface area contributed by atoms with E-state index in [2.05, 4.69) is 53.2 Å². The van der Waals surface area contributed by atoms with Crippen molar-refractivity contribution in [3.05, 3.63) is 42.4 Å². The first kappa shape index (κ1) is 16.2. The number of nitrogens with one attached hydrogen (secondary N) is 1. The van der Waals surface area contributed by atoms with E-state index in [0.717, 1.165) is 5.69 Å². The van der Waals surface area contributed by atoms with Gasteiger partial charge in [-0.2, -0.15) is 5.10 Å². The number of hydrogen-bond acceptors (Lipinski definition) is 4. The maximum Gasteiger partial charge on any atom is 0.283 e. The second kappa shape index (κ2) is 6.32. The molecule has 2 aromatic rings. The summed E-state index contributed by atoms with van der Waals surface area (Å²) in [6.07, 6.45) is 1.70. The van der Waals surface area contributed by atoms with Crippen LogP contribution in [0.25, 0.3) is 0 Å². The van der Waals surface area contributed by atoms with Gasteiger partial charge in [-0.25, -0.2) is 4.68 Å². The van der Waals surface area contributed by atoms with Crippen LogP contribution in [0.5, 0.6) is 0 Å². The Kier molecular flexibility index (Phi) is 4.88. The fraction of sp³-hybridized carbons (Fsp3) is 0.467. The van der Waals surface area contributed by atoms with Gasteiger partial charge in [0.1, 0.15) is 4.47 Å². The van der Waals surface area contributed by atoms with Crippen molar-refractivity contribution in [2.45, 2.75) is 46.7 Å². The molecule has 1 N–H and O–H groups in total. The molecule has 2 rings (SSSR count). The van der Waals surface area contributed by atoms with Gasteiger partial charge in [0.25, 0.3) is 5.56 Å². The highest BCUT2D eigenvalue weighted by molar-refractivity contribution is 9.10. The van der Waals surface area contributed by atoms with Crippen molar-refractivity contribution >= 4 is 33.0 Å². The molecule has 0 aromatic carbocycles. The first-order valence-corrected chi connectivity index (χ1v) is 8.53. The van der Waals surface area contributed by atoms with Crippen LogP contribution in [0.15, 0.2) is 21.5 Å². The molecule has 0 aliphatic heterocycles. The first-order valence-electron chi connectivity index (χ1n) is 6.92. The Morgan fingerprint density at radius 1 is 1.33 bits per heavy atom. The topological polar surface area (TPSA) is 46.9 Å². The molecule has 0 aliphatic rings. The number of rotatable bonds is 4. The summed E-state index contributed by atoms with van der Waals surface area (Å²) in [5.41, 5.74) is 1.88. The van der Waals surface area contributed by atoms with Crippen LogP contribution in [0.3, 0.4) is 0 Å². The van der Waals surface area contributed by atoms with Crippen molar-refractivity contribution in [2.75, 3.05) is 5.32 Å². The molecule has 21 heavy (non-hydrogen) atoms. The van der Waals surface area contributed by atoms with E-state index in [4.69, 9.17) is 0 Å². The smallest absolute Gasteiger partial charge is 0.283 e. The van der Waals surface area contributed by atoms with Crippen LogP contribution in [0, 0.1) is 13.8 Å². The van der Waals surface area contributed by atoms with Gasteiger partial charge >= 0.3 is 0 Å². The number of hydrogen-bond donors (Lipinski definition) is 1. The van der Waals surface area contributed by atoms with Gasteiger partial charge in [0.2, 0.25) is 0 Å². The Morgan fingerprint density at radius 3 is 2.52 bits per heavy atom. The Bertz CT molecular complexity index is 705. The van der Waals surface area contributed by atoms with E-state index in [1.54, 1.807) is 17.5 Å². The lowest BCUT2D eigenvalue weighted by Crippen LogP contribution is -2.26. The molecule has 0 aliphatic carbocycles. The summed E-state index contributed by atoms with van der Waals surface area (Å²) in [6, 6.07) is 2.36. The maximum atomic E-state index is 12.2. The van der Waals surface area contributed by atoms with Crippen molar-refractivity contribution in [3.63, 3.8) is 0 Å². The van der Waals surface area contributed by atoms with Gasteiger partial charge in [-0.15, -0.1) is 11.3 Å². The molecule has 1 unspecified atom stereocenters. The molecule has 0 bridgehead atoms. The quantitative estimate of drug-likeness (QED) is 0.866. The molecule has 0 radical (unpaired) electrons. The Balaban J connectivity index is 2.30. The highest BCUT2D eigenvalue weighted by Crippen LogP contribution is 2.29. The zero-order valence-electron chi connectivity index (χ0n) is 12.9. The Morgan fingerprint density at radius 2 is 2.00 bits per heavy atom. The van der Waals surface area contributed by atoms with Gasteiger partial charge in [-0.05, 0) is 62.2 Å². The molecule has 0 saturated heterocycles. The van der Waals surface area contributed by atoms with Crippen LogP contribution in [-0.4, -0.2) is 9.78 Å². The molecular formula is C15H20BrN3OS.